The minimum Gasteiger partial charge on any atom is -0.469 e. The van der Waals surface area contributed by atoms with Crippen molar-refractivity contribution in [2.24, 2.45) is 35.5 Å². The van der Waals surface area contributed by atoms with E-state index < -0.39 is 35.9 Å². The van der Waals surface area contributed by atoms with Crippen molar-refractivity contribution in [3.63, 3.8) is 0 Å². The lowest BCUT2D eigenvalue weighted by Gasteiger charge is -2.45. The smallest absolute Gasteiger partial charge is 0.308 e. The van der Waals surface area contributed by atoms with Crippen LogP contribution in [0.1, 0.15) is 119 Å². The Morgan fingerprint density at radius 3 is 2.25 bits per heavy atom. The van der Waals surface area contributed by atoms with Crippen molar-refractivity contribution in [3.05, 3.63) is 39.9 Å². The third kappa shape index (κ3) is 11.2. The van der Waals surface area contributed by atoms with Gasteiger partial charge in [0.2, 0.25) is 5.91 Å². The topological polar surface area (TPSA) is 161 Å². The number of nitrogens with one attached hydrogen (secondary N) is 1. The third-order valence-corrected chi connectivity index (χ3v) is 12.9. The fourth-order valence-electron chi connectivity index (χ4n) is 8.48. The number of hydrogen-bond donors (Lipinski definition) is 1. The second-order valence-electron chi connectivity index (χ2n) is 16.6. The zero-order chi connectivity index (χ0) is 40.0. The molecule has 1 aliphatic carbocycles. The molecule has 0 spiro atoms. The van der Waals surface area contributed by atoms with E-state index in [-0.39, 0.29) is 60.1 Å². The summed E-state index contributed by atoms with van der Waals surface area (Å²) in [5, 5.41) is 5.06. The van der Waals surface area contributed by atoms with E-state index in [0.29, 0.717) is 35.5 Å². The first-order valence-corrected chi connectivity index (χ1v) is 20.8. The minimum atomic E-state index is -0.811. The highest BCUT2D eigenvalue weighted by Gasteiger charge is 2.44. The zero-order valence-corrected chi connectivity index (χ0v) is 34.6. The van der Waals surface area contributed by atoms with Gasteiger partial charge in [-0.15, -0.1) is 11.3 Å². The lowest BCUT2D eigenvalue weighted by Crippen LogP contribution is -2.53. The first-order chi connectivity index (χ1) is 26.1. The molecule has 2 bridgehead atoms. The lowest BCUT2D eigenvalue weighted by molar-refractivity contribution is -0.150. The number of nitrogens with zero attached hydrogens (tertiary/aromatic N) is 5. The van der Waals surface area contributed by atoms with Gasteiger partial charge in [0.15, 0.2) is 11.9 Å². The van der Waals surface area contributed by atoms with Crippen molar-refractivity contribution in [2.75, 3.05) is 27.2 Å². The number of carbonyl (C=O) groups is 5. The first-order valence-electron chi connectivity index (χ1n) is 20.0. The van der Waals surface area contributed by atoms with Crippen LogP contribution in [-0.2, 0) is 35.1 Å². The number of thiazole rings is 1. The van der Waals surface area contributed by atoms with Crippen LogP contribution in [-0.4, -0.2) is 99.7 Å². The van der Waals surface area contributed by atoms with Crippen LogP contribution in [0.2, 0.25) is 0 Å². The second kappa shape index (κ2) is 18.9. The summed E-state index contributed by atoms with van der Waals surface area (Å²) in [5.41, 5.74) is 1.05. The number of fused-ring (bicyclic) bond motifs is 3. The predicted molar refractivity (Wildman–Crippen MR) is 208 cm³/mol. The first kappa shape index (κ1) is 42.4. The third-order valence-electron chi connectivity index (χ3n) is 12.0. The van der Waals surface area contributed by atoms with Gasteiger partial charge in [-0.1, -0.05) is 27.7 Å². The standard InChI is InChI=1S/C41H60N6O7S/c1-23(2)33(46(7)40(51)31(26(5)29-9-10-29)18-35(49)34-16-28-11-13-47(34)14-12-28)19-36(54-27(6)48)39-45-32(22-55-39)38(50)44-30(15-25(4)41(52)53-8)17-37-42-20-24(3)21-43-37/h20-23,25-26,28-31,33-34,36H,9-19H2,1-8H3,(H,44,50)/t25-,26-,30+,31-,33+,34+,36+/m0/s1. The summed E-state index contributed by atoms with van der Waals surface area (Å²) < 4.78 is 10.8. The van der Waals surface area contributed by atoms with Crippen LogP contribution >= 0.6 is 11.3 Å². The van der Waals surface area contributed by atoms with E-state index in [1.165, 1.54) is 25.4 Å². The summed E-state index contributed by atoms with van der Waals surface area (Å²) >= 11 is 1.21. The van der Waals surface area contributed by atoms with Crippen LogP contribution in [0.15, 0.2) is 17.8 Å². The summed E-state index contributed by atoms with van der Waals surface area (Å²) in [6.07, 6.45) is 9.05. The van der Waals surface area contributed by atoms with Gasteiger partial charge in [0.05, 0.1) is 19.1 Å². The zero-order valence-electron chi connectivity index (χ0n) is 33.8. The van der Waals surface area contributed by atoms with Gasteiger partial charge in [-0.05, 0) is 87.8 Å². The largest absolute Gasteiger partial charge is 0.469 e. The van der Waals surface area contributed by atoms with Crippen molar-refractivity contribution in [1.82, 2.24) is 30.1 Å². The molecule has 4 aliphatic rings. The number of methoxy groups -OCH3 is 1. The monoisotopic (exact) mass is 780 g/mol. The molecule has 5 heterocycles. The Bertz CT molecular complexity index is 1650. The van der Waals surface area contributed by atoms with Crippen LogP contribution in [0, 0.1) is 42.4 Å². The van der Waals surface area contributed by atoms with Gasteiger partial charge in [0.25, 0.3) is 5.91 Å². The molecule has 2 aromatic rings. The van der Waals surface area contributed by atoms with E-state index in [2.05, 4.69) is 32.1 Å². The van der Waals surface area contributed by atoms with Crippen molar-refractivity contribution in [2.45, 2.75) is 124 Å². The second-order valence-corrected chi connectivity index (χ2v) is 17.5. The Morgan fingerprint density at radius 2 is 1.69 bits per heavy atom. The minimum absolute atomic E-state index is 0.0101. The maximum atomic E-state index is 14.5. The molecule has 55 heavy (non-hydrogen) atoms. The van der Waals surface area contributed by atoms with Crippen molar-refractivity contribution in [3.8, 4) is 0 Å². The number of ether oxygens (including phenoxy) is 2. The van der Waals surface area contributed by atoms with E-state index in [9.17, 15) is 24.0 Å². The van der Waals surface area contributed by atoms with E-state index in [0.717, 1.165) is 50.8 Å². The highest BCUT2D eigenvalue weighted by Crippen LogP contribution is 2.43. The summed E-state index contributed by atoms with van der Waals surface area (Å²) in [7, 11) is 3.13. The molecule has 4 fully saturated rings. The van der Waals surface area contributed by atoms with Crippen LogP contribution in [0.25, 0.3) is 0 Å². The fourth-order valence-corrected chi connectivity index (χ4v) is 9.32. The Morgan fingerprint density at radius 1 is 1.02 bits per heavy atom. The SMILES string of the molecule is COC(=O)[C@@H](C)C[C@H](Cc1ncc(C)cn1)NC(=O)c1csc([C@@H](C[C@H](C(C)C)N(C)C(=O)[C@@H](CC(=O)[C@H]2CC3CCN2CC3)[C@@H](C)C2CC2)OC(C)=O)n1. The number of Topliss-reactive ketones (excluding diaryl/α,β-unsaturated/α-hetero) is 1. The molecule has 14 heteroatoms. The van der Waals surface area contributed by atoms with Crippen LogP contribution in [0.3, 0.4) is 0 Å². The van der Waals surface area contributed by atoms with Crippen molar-refractivity contribution < 1.29 is 33.4 Å². The molecular weight excluding hydrogens is 721 g/mol. The van der Waals surface area contributed by atoms with Crippen molar-refractivity contribution in [1.29, 1.82) is 0 Å². The van der Waals surface area contributed by atoms with Gasteiger partial charge >= 0.3 is 11.9 Å². The number of ketones is 1. The highest BCUT2D eigenvalue weighted by molar-refractivity contribution is 7.09. The quantitative estimate of drug-likeness (QED) is 0.183. The van der Waals surface area contributed by atoms with E-state index in [4.69, 9.17) is 9.47 Å². The average Bonchev–Trinajstić information content (AvgIpc) is 3.90. The molecule has 0 unspecified atom stereocenters. The van der Waals surface area contributed by atoms with Gasteiger partial charge in [-0.3, -0.25) is 28.9 Å². The molecule has 0 radical (unpaired) electrons. The summed E-state index contributed by atoms with van der Waals surface area (Å²) in [5.74, 6) is -0.466. The normalized spacial score (nSPS) is 22.5. The van der Waals surface area contributed by atoms with E-state index in [1.54, 1.807) is 36.6 Å². The number of aromatic nitrogens is 3. The summed E-state index contributed by atoms with van der Waals surface area (Å²) in [6.45, 7) is 13.1. The Labute approximate surface area is 329 Å². The lowest BCUT2D eigenvalue weighted by atomic mass is 9.77. The molecule has 6 rings (SSSR count). The number of aryl methyl sites for hydroxylation is 1. The van der Waals surface area contributed by atoms with E-state index in [1.807, 2.05) is 20.8 Å². The number of hydrogen-bond acceptors (Lipinski definition) is 12. The number of amides is 2. The average molecular weight is 781 g/mol. The van der Waals surface area contributed by atoms with Gasteiger partial charge < -0.3 is 19.7 Å². The molecule has 2 aromatic heterocycles. The Balaban J connectivity index is 1.31. The van der Waals surface area contributed by atoms with Crippen molar-refractivity contribution >= 4 is 40.9 Å². The molecule has 7 atom stereocenters. The highest BCUT2D eigenvalue weighted by atomic mass is 32.1. The van der Waals surface area contributed by atoms with Crippen LogP contribution in [0.4, 0.5) is 0 Å². The number of rotatable bonds is 19. The molecule has 3 aliphatic heterocycles. The molecule has 1 saturated carbocycles. The van der Waals surface area contributed by atoms with Gasteiger partial charge in [-0.25, -0.2) is 15.0 Å². The van der Waals surface area contributed by atoms with Gasteiger partial charge in [-0.2, -0.15) is 0 Å². The number of piperidine rings is 3. The Kier molecular flexibility index (Phi) is 14.6. The van der Waals surface area contributed by atoms with E-state index >= 15 is 0 Å². The summed E-state index contributed by atoms with van der Waals surface area (Å²) in [4.78, 5) is 84.2. The molecule has 2 amide bonds. The van der Waals surface area contributed by atoms with Gasteiger partial charge in [0.1, 0.15) is 16.5 Å². The maximum Gasteiger partial charge on any atom is 0.308 e. The van der Waals surface area contributed by atoms with Gasteiger partial charge in [0, 0.05) is 69.0 Å². The summed E-state index contributed by atoms with van der Waals surface area (Å²) in [6, 6.07) is -0.922. The number of carbonyl (C=O) groups excluding carboxylic acids is 5. The number of esters is 2. The van der Waals surface area contributed by atoms with Crippen LogP contribution in [0.5, 0.6) is 0 Å². The Hall–Kier alpha value is -3.78. The molecule has 3 saturated heterocycles. The maximum absolute atomic E-state index is 14.5. The van der Waals surface area contributed by atoms with Crippen LogP contribution < -0.4 is 5.32 Å². The fraction of sp³-hybridized carbons (Fsp3) is 0.707. The molecular formula is C41H60N6O7S. The predicted octanol–water partition coefficient (Wildman–Crippen LogP) is 5.36. The molecule has 1 N–H and O–H groups in total. The molecule has 302 valence electrons. The molecule has 13 nitrogen and oxygen atoms in total. The molecule has 0 aromatic carbocycles.